The molecule has 5 heteroatoms. The summed E-state index contributed by atoms with van der Waals surface area (Å²) in [5.41, 5.74) is 6.87. The average molecular weight is 255 g/mol. The maximum absolute atomic E-state index is 3.53. The Balaban J connectivity index is 1.79. The van der Waals surface area contributed by atoms with Crippen LogP contribution in [0.15, 0.2) is 0 Å². The van der Waals surface area contributed by atoms with Crippen LogP contribution in [-0.2, 0) is 0 Å². The zero-order valence-electron chi connectivity index (χ0n) is 11.8. The number of hydrazine groups is 1. The minimum Gasteiger partial charge on any atom is -0.318 e. The van der Waals surface area contributed by atoms with Crippen LogP contribution in [-0.4, -0.2) is 64.3 Å². The first kappa shape index (κ1) is 14.2. The fraction of sp³-hybridized carbons (Fsp3) is 1.00. The van der Waals surface area contributed by atoms with E-state index < -0.39 is 0 Å². The van der Waals surface area contributed by atoms with Gasteiger partial charge in [0.05, 0.1) is 0 Å². The first-order valence-electron chi connectivity index (χ1n) is 7.33. The summed E-state index contributed by atoms with van der Waals surface area (Å²) in [5.74, 6) is 1.52. The molecule has 2 aliphatic rings. The van der Waals surface area contributed by atoms with E-state index in [-0.39, 0.29) is 0 Å². The zero-order valence-corrected chi connectivity index (χ0v) is 11.8. The van der Waals surface area contributed by atoms with Gasteiger partial charge in [0.2, 0.25) is 0 Å². The molecule has 0 spiro atoms. The fourth-order valence-electron chi connectivity index (χ4n) is 3.21. The average Bonchev–Trinajstić information content (AvgIpc) is 2.85. The Bertz CT molecular complexity index is 229. The Kier molecular flexibility index (Phi) is 5.85. The summed E-state index contributed by atoms with van der Waals surface area (Å²) in [6.07, 6.45) is 2.69. The number of rotatable bonds is 6. The minimum absolute atomic E-state index is 0.634. The van der Waals surface area contributed by atoms with E-state index in [2.05, 4.69) is 33.4 Å². The second kappa shape index (κ2) is 7.40. The van der Waals surface area contributed by atoms with E-state index in [1.165, 1.54) is 32.5 Å². The van der Waals surface area contributed by atoms with Crippen LogP contribution in [0.2, 0.25) is 0 Å². The second-order valence-electron chi connectivity index (χ2n) is 5.78. The van der Waals surface area contributed by atoms with Crippen molar-refractivity contribution in [2.24, 2.45) is 11.8 Å². The molecule has 0 saturated carbocycles. The quantitative estimate of drug-likeness (QED) is 0.502. The molecule has 0 aliphatic carbocycles. The lowest BCUT2D eigenvalue weighted by molar-refractivity contribution is 0.212. The molecule has 2 fully saturated rings. The van der Waals surface area contributed by atoms with Gasteiger partial charge in [-0.2, -0.15) is 0 Å². The van der Waals surface area contributed by atoms with Gasteiger partial charge >= 0.3 is 0 Å². The third-order valence-electron chi connectivity index (χ3n) is 4.27. The predicted molar refractivity (Wildman–Crippen MR) is 75.4 cm³/mol. The molecule has 0 aromatic carbocycles. The molecule has 0 amide bonds. The normalized spacial score (nSPS) is 33.2. The Morgan fingerprint density at radius 3 is 2.94 bits per heavy atom. The molecular formula is C13H29N5. The fourth-order valence-corrected chi connectivity index (χ4v) is 3.21. The molecule has 5 nitrogen and oxygen atoms in total. The van der Waals surface area contributed by atoms with Crippen molar-refractivity contribution in [2.45, 2.75) is 18.9 Å². The van der Waals surface area contributed by atoms with Crippen LogP contribution < -0.4 is 21.5 Å². The van der Waals surface area contributed by atoms with Crippen LogP contribution in [0.25, 0.3) is 0 Å². The van der Waals surface area contributed by atoms with Crippen LogP contribution in [0, 0.1) is 11.8 Å². The Hall–Kier alpha value is -0.200. The van der Waals surface area contributed by atoms with Crippen molar-refractivity contribution >= 4 is 0 Å². The van der Waals surface area contributed by atoms with Gasteiger partial charge in [-0.25, -0.2) is 0 Å². The monoisotopic (exact) mass is 255 g/mol. The first-order chi connectivity index (χ1) is 8.81. The molecule has 2 saturated heterocycles. The van der Waals surface area contributed by atoms with Gasteiger partial charge in [0, 0.05) is 38.1 Å². The van der Waals surface area contributed by atoms with Gasteiger partial charge in [-0.15, -0.1) is 0 Å². The largest absolute Gasteiger partial charge is 0.318 e. The maximum Gasteiger partial charge on any atom is 0.0306 e. The number of nitrogens with one attached hydrogen (secondary N) is 4. The van der Waals surface area contributed by atoms with Gasteiger partial charge in [0.1, 0.15) is 0 Å². The van der Waals surface area contributed by atoms with Crippen LogP contribution in [0.3, 0.4) is 0 Å². The van der Waals surface area contributed by atoms with Crippen molar-refractivity contribution in [2.75, 3.05) is 53.4 Å². The highest BCUT2D eigenvalue weighted by atomic mass is 15.4. The van der Waals surface area contributed by atoms with E-state index >= 15 is 0 Å². The van der Waals surface area contributed by atoms with Crippen LogP contribution >= 0.6 is 0 Å². The molecule has 3 unspecified atom stereocenters. The summed E-state index contributed by atoms with van der Waals surface area (Å²) in [4.78, 5) is 2.44. The van der Waals surface area contributed by atoms with E-state index in [1.807, 2.05) is 7.05 Å². The number of piperidine rings is 1. The zero-order chi connectivity index (χ0) is 12.8. The van der Waals surface area contributed by atoms with Crippen LogP contribution in [0.5, 0.6) is 0 Å². The van der Waals surface area contributed by atoms with Gasteiger partial charge in [-0.3, -0.25) is 10.9 Å². The van der Waals surface area contributed by atoms with Gasteiger partial charge < -0.3 is 15.5 Å². The van der Waals surface area contributed by atoms with Crippen molar-refractivity contribution in [3.63, 3.8) is 0 Å². The third kappa shape index (κ3) is 3.90. The molecule has 3 atom stereocenters. The maximum atomic E-state index is 3.53. The van der Waals surface area contributed by atoms with Crippen molar-refractivity contribution in [3.8, 4) is 0 Å². The van der Waals surface area contributed by atoms with E-state index in [9.17, 15) is 0 Å². The summed E-state index contributed by atoms with van der Waals surface area (Å²) in [5, 5.41) is 6.74. The summed E-state index contributed by atoms with van der Waals surface area (Å²) >= 11 is 0. The van der Waals surface area contributed by atoms with Gasteiger partial charge in [0.25, 0.3) is 0 Å². The molecule has 0 radical (unpaired) electrons. The van der Waals surface area contributed by atoms with Gasteiger partial charge in [0.15, 0.2) is 0 Å². The van der Waals surface area contributed by atoms with Gasteiger partial charge in [-0.05, 0) is 45.9 Å². The predicted octanol–water partition coefficient (Wildman–Crippen LogP) is -0.770. The Morgan fingerprint density at radius 2 is 2.22 bits per heavy atom. The molecule has 0 aromatic heterocycles. The highest BCUT2D eigenvalue weighted by molar-refractivity contribution is 4.91. The molecule has 106 valence electrons. The highest BCUT2D eigenvalue weighted by Crippen LogP contribution is 2.23. The first-order valence-corrected chi connectivity index (χ1v) is 7.33. The number of likely N-dealkylation sites (N-methyl/N-ethyl adjacent to an activating group) is 2. The number of hydrogen-bond donors (Lipinski definition) is 4. The summed E-state index contributed by atoms with van der Waals surface area (Å²) in [6.45, 7) is 6.86. The Labute approximate surface area is 111 Å². The molecule has 4 N–H and O–H groups in total. The lowest BCUT2D eigenvalue weighted by atomic mass is 9.84. The summed E-state index contributed by atoms with van der Waals surface area (Å²) in [6, 6.07) is 0.634. The molecule has 0 bridgehead atoms. The van der Waals surface area contributed by atoms with Gasteiger partial charge in [-0.1, -0.05) is 0 Å². The van der Waals surface area contributed by atoms with E-state index in [0.29, 0.717) is 6.04 Å². The van der Waals surface area contributed by atoms with Crippen molar-refractivity contribution in [1.29, 1.82) is 0 Å². The van der Waals surface area contributed by atoms with Crippen LogP contribution in [0.4, 0.5) is 0 Å². The molecule has 2 aliphatic heterocycles. The van der Waals surface area contributed by atoms with E-state index in [1.54, 1.807) is 0 Å². The topological polar surface area (TPSA) is 51.4 Å². The smallest absolute Gasteiger partial charge is 0.0306 e. The number of hydrogen-bond acceptors (Lipinski definition) is 5. The lowest BCUT2D eigenvalue weighted by Crippen LogP contribution is -2.47. The molecule has 0 aromatic rings. The molecule has 2 rings (SSSR count). The summed E-state index contributed by atoms with van der Waals surface area (Å²) in [7, 11) is 4.24. The van der Waals surface area contributed by atoms with Crippen molar-refractivity contribution in [3.05, 3.63) is 0 Å². The lowest BCUT2D eigenvalue weighted by Gasteiger charge is -2.33. The summed E-state index contributed by atoms with van der Waals surface area (Å²) < 4.78 is 0. The SMILES string of the molecule is CNCCN(C)CC1CNNC1C1CCCNC1. The molecule has 2 heterocycles. The van der Waals surface area contributed by atoms with Crippen molar-refractivity contribution < 1.29 is 0 Å². The second-order valence-corrected chi connectivity index (χ2v) is 5.78. The molecule has 18 heavy (non-hydrogen) atoms. The molecular weight excluding hydrogens is 226 g/mol. The number of nitrogens with zero attached hydrogens (tertiary/aromatic N) is 1. The van der Waals surface area contributed by atoms with Crippen molar-refractivity contribution in [1.82, 2.24) is 26.4 Å². The van der Waals surface area contributed by atoms with E-state index in [0.717, 1.165) is 31.5 Å². The van der Waals surface area contributed by atoms with E-state index in [4.69, 9.17) is 0 Å². The minimum atomic E-state index is 0.634. The highest BCUT2D eigenvalue weighted by Gasteiger charge is 2.34. The standard InChI is InChI=1S/C13H29N5/c1-14-6-7-18(2)10-12-9-16-17-13(12)11-4-3-5-15-8-11/h11-17H,3-10H2,1-2H3. The third-order valence-corrected chi connectivity index (χ3v) is 4.27. The van der Waals surface area contributed by atoms with Crippen LogP contribution in [0.1, 0.15) is 12.8 Å². The Morgan fingerprint density at radius 1 is 1.33 bits per heavy atom.